The van der Waals surface area contributed by atoms with Crippen molar-refractivity contribution in [3.8, 4) is 5.75 Å². The van der Waals surface area contributed by atoms with Gasteiger partial charge in [-0.15, -0.1) is 11.3 Å². The van der Waals surface area contributed by atoms with Crippen LogP contribution < -0.4 is 4.74 Å². The summed E-state index contributed by atoms with van der Waals surface area (Å²) in [5.74, 6) is 1.04. The Morgan fingerprint density at radius 1 is 0.800 bits per heavy atom. The van der Waals surface area contributed by atoms with Crippen LogP contribution in [0.25, 0.3) is 0 Å². The number of rotatable bonds is 14. The zero-order valence-electron chi connectivity index (χ0n) is 13.2. The van der Waals surface area contributed by atoms with E-state index in [0.29, 0.717) is 0 Å². The number of unbranched alkanes of at least 4 members (excludes halogenated alkanes) is 11. The fourth-order valence-corrected chi connectivity index (χ4v) is 3.04. The van der Waals surface area contributed by atoms with Gasteiger partial charge in [0.1, 0.15) is 5.75 Å². The van der Waals surface area contributed by atoms with Crippen molar-refractivity contribution in [2.45, 2.75) is 84.0 Å². The molecule has 1 aromatic rings. The van der Waals surface area contributed by atoms with E-state index in [1.54, 1.807) is 11.3 Å². The third-order valence-electron chi connectivity index (χ3n) is 3.76. The second kappa shape index (κ2) is 13.5. The van der Waals surface area contributed by atoms with Crippen molar-refractivity contribution < 1.29 is 4.74 Å². The van der Waals surface area contributed by atoms with E-state index in [1.165, 1.54) is 77.0 Å². The zero-order chi connectivity index (χ0) is 14.3. The van der Waals surface area contributed by atoms with E-state index in [9.17, 15) is 0 Å². The molecule has 20 heavy (non-hydrogen) atoms. The standard InChI is InChI=1S/C18H32OS/c1-2-3-4-5-6-7-8-9-10-11-12-13-15-19-18-14-16-20-17-18/h14,16-17H,2-13,15H2,1H3. The van der Waals surface area contributed by atoms with Gasteiger partial charge in [0, 0.05) is 5.38 Å². The van der Waals surface area contributed by atoms with Gasteiger partial charge in [-0.3, -0.25) is 0 Å². The van der Waals surface area contributed by atoms with Gasteiger partial charge in [-0.2, -0.15) is 0 Å². The monoisotopic (exact) mass is 296 g/mol. The molecule has 1 aromatic heterocycles. The SMILES string of the molecule is CCCCCCCCCCCCCCOc1ccsc1. The first-order valence-electron chi connectivity index (χ1n) is 8.58. The molecule has 2 heteroatoms. The Morgan fingerprint density at radius 3 is 1.85 bits per heavy atom. The minimum atomic E-state index is 0.883. The van der Waals surface area contributed by atoms with Crippen LogP contribution in [-0.4, -0.2) is 6.61 Å². The highest BCUT2D eigenvalue weighted by molar-refractivity contribution is 7.08. The molecule has 1 heterocycles. The van der Waals surface area contributed by atoms with Crippen LogP contribution in [0.4, 0.5) is 0 Å². The fourth-order valence-electron chi connectivity index (χ4n) is 2.47. The minimum Gasteiger partial charge on any atom is -0.493 e. The van der Waals surface area contributed by atoms with Crippen molar-refractivity contribution in [1.29, 1.82) is 0 Å². The van der Waals surface area contributed by atoms with Gasteiger partial charge in [-0.25, -0.2) is 0 Å². The predicted molar refractivity (Wildman–Crippen MR) is 90.9 cm³/mol. The van der Waals surface area contributed by atoms with Gasteiger partial charge in [0.2, 0.25) is 0 Å². The van der Waals surface area contributed by atoms with Gasteiger partial charge in [0.25, 0.3) is 0 Å². The maximum Gasteiger partial charge on any atom is 0.129 e. The molecule has 0 saturated carbocycles. The van der Waals surface area contributed by atoms with Gasteiger partial charge in [0.15, 0.2) is 0 Å². The molecule has 0 aliphatic rings. The largest absolute Gasteiger partial charge is 0.493 e. The highest BCUT2D eigenvalue weighted by Gasteiger charge is 1.95. The van der Waals surface area contributed by atoms with E-state index < -0.39 is 0 Å². The van der Waals surface area contributed by atoms with Gasteiger partial charge in [-0.05, 0) is 17.9 Å². The quantitative estimate of drug-likeness (QED) is 0.342. The maximum atomic E-state index is 5.65. The first kappa shape index (κ1) is 17.6. The van der Waals surface area contributed by atoms with Crippen LogP contribution in [-0.2, 0) is 0 Å². The van der Waals surface area contributed by atoms with E-state index in [-0.39, 0.29) is 0 Å². The Hall–Kier alpha value is -0.500. The lowest BCUT2D eigenvalue weighted by Gasteiger charge is -2.04. The molecular formula is C18H32OS. The van der Waals surface area contributed by atoms with E-state index >= 15 is 0 Å². The van der Waals surface area contributed by atoms with Gasteiger partial charge < -0.3 is 4.74 Å². The fraction of sp³-hybridized carbons (Fsp3) is 0.778. The molecule has 1 rings (SSSR count). The Bertz CT molecular complexity index is 282. The van der Waals surface area contributed by atoms with Crippen molar-refractivity contribution in [3.05, 3.63) is 16.8 Å². The molecule has 0 saturated heterocycles. The van der Waals surface area contributed by atoms with Crippen LogP contribution in [0.15, 0.2) is 16.8 Å². The predicted octanol–water partition coefficient (Wildman–Crippen LogP) is 6.83. The van der Waals surface area contributed by atoms with Gasteiger partial charge >= 0.3 is 0 Å². The molecule has 0 aliphatic heterocycles. The smallest absolute Gasteiger partial charge is 0.129 e. The summed E-state index contributed by atoms with van der Waals surface area (Å²) < 4.78 is 5.65. The van der Waals surface area contributed by atoms with E-state index in [2.05, 4.69) is 17.7 Å². The molecule has 0 spiro atoms. The van der Waals surface area contributed by atoms with Crippen LogP contribution in [0.3, 0.4) is 0 Å². The Labute approximate surface area is 129 Å². The maximum absolute atomic E-state index is 5.65. The lowest BCUT2D eigenvalue weighted by atomic mass is 10.1. The lowest BCUT2D eigenvalue weighted by Crippen LogP contribution is -1.95. The zero-order valence-corrected chi connectivity index (χ0v) is 14.1. The van der Waals surface area contributed by atoms with Crippen molar-refractivity contribution in [2.24, 2.45) is 0 Å². The summed E-state index contributed by atoms with van der Waals surface area (Å²) in [4.78, 5) is 0. The van der Waals surface area contributed by atoms with Crippen molar-refractivity contribution in [1.82, 2.24) is 0 Å². The van der Waals surface area contributed by atoms with Crippen molar-refractivity contribution >= 4 is 11.3 Å². The molecule has 116 valence electrons. The summed E-state index contributed by atoms with van der Waals surface area (Å²) in [5.41, 5.74) is 0. The average molecular weight is 297 g/mol. The minimum absolute atomic E-state index is 0.883. The molecule has 0 radical (unpaired) electrons. The van der Waals surface area contributed by atoms with Crippen LogP contribution in [0.5, 0.6) is 5.75 Å². The molecule has 1 nitrogen and oxygen atoms in total. The van der Waals surface area contributed by atoms with E-state index in [0.717, 1.165) is 12.4 Å². The van der Waals surface area contributed by atoms with Crippen molar-refractivity contribution in [2.75, 3.05) is 6.61 Å². The molecule has 0 atom stereocenters. The topological polar surface area (TPSA) is 9.23 Å². The highest BCUT2D eigenvalue weighted by Crippen LogP contribution is 2.16. The number of thiophene rings is 1. The Kier molecular flexibility index (Phi) is 11.8. The molecule has 0 unspecified atom stereocenters. The van der Waals surface area contributed by atoms with Crippen LogP contribution >= 0.6 is 11.3 Å². The van der Waals surface area contributed by atoms with Crippen LogP contribution in [0.1, 0.15) is 84.0 Å². The lowest BCUT2D eigenvalue weighted by molar-refractivity contribution is 0.305. The normalized spacial score (nSPS) is 10.8. The Morgan fingerprint density at radius 2 is 1.35 bits per heavy atom. The summed E-state index contributed by atoms with van der Waals surface area (Å²) in [6.45, 7) is 3.17. The van der Waals surface area contributed by atoms with E-state index in [1.807, 2.05) is 6.07 Å². The molecule has 0 aliphatic carbocycles. The Balaban J connectivity index is 1.70. The molecule has 0 amide bonds. The van der Waals surface area contributed by atoms with Gasteiger partial charge in [-0.1, -0.05) is 77.6 Å². The first-order valence-corrected chi connectivity index (χ1v) is 9.52. The molecular weight excluding hydrogens is 264 g/mol. The molecule has 0 aromatic carbocycles. The van der Waals surface area contributed by atoms with Crippen LogP contribution in [0.2, 0.25) is 0 Å². The number of hydrogen-bond donors (Lipinski definition) is 0. The third-order valence-corrected chi connectivity index (χ3v) is 4.42. The van der Waals surface area contributed by atoms with E-state index in [4.69, 9.17) is 4.74 Å². The molecule has 0 bridgehead atoms. The first-order chi connectivity index (χ1) is 9.93. The summed E-state index contributed by atoms with van der Waals surface area (Å²) in [6, 6.07) is 2.05. The number of ether oxygens (including phenoxy) is 1. The number of hydrogen-bond acceptors (Lipinski definition) is 2. The summed E-state index contributed by atoms with van der Waals surface area (Å²) in [5, 5.41) is 4.14. The molecule has 0 N–H and O–H groups in total. The van der Waals surface area contributed by atoms with Crippen molar-refractivity contribution in [3.63, 3.8) is 0 Å². The third kappa shape index (κ3) is 10.3. The summed E-state index contributed by atoms with van der Waals surface area (Å²) >= 11 is 1.70. The summed E-state index contributed by atoms with van der Waals surface area (Å²) in [6.07, 6.45) is 16.8. The van der Waals surface area contributed by atoms with Gasteiger partial charge in [0.05, 0.1) is 6.61 Å². The summed E-state index contributed by atoms with van der Waals surface area (Å²) in [7, 11) is 0. The highest BCUT2D eigenvalue weighted by atomic mass is 32.1. The second-order valence-corrected chi connectivity index (χ2v) is 6.48. The molecule has 0 fully saturated rings. The average Bonchev–Trinajstić information content (AvgIpc) is 2.97. The van der Waals surface area contributed by atoms with Crippen LogP contribution in [0, 0.1) is 0 Å². The second-order valence-electron chi connectivity index (χ2n) is 5.70.